The normalized spacial score (nSPS) is 14.8. The van der Waals surface area contributed by atoms with Gasteiger partial charge in [0.25, 0.3) is 0 Å². The minimum Gasteiger partial charge on any atom is -0.496 e. The molecule has 0 aliphatic carbocycles. The van der Waals surface area contributed by atoms with Crippen molar-refractivity contribution in [3.05, 3.63) is 29.3 Å². The predicted octanol–water partition coefficient (Wildman–Crippen LogP) is 2.87. The molecule has 1 unspecified atom stereocenters. The second-order valence-electron chi connectivity index (χ2n) is 4.89. The van der Waals surface area contributed by atoms with Crippen LogP contribution in [0.5, 0.6) is 5.75 Å². The second-order valence-corrected chi connectivity index (χ2v) is 4.89. The molecular weight excluding hydrogens is 217 g/mol. The molecule has 0 aromatic heterocycles. The van der Waals surface area contributed by atoms with E-state index < -0.39 is 5.67 Å². The summed E-state index contributed by atoms with van der Waals surface area (Å²) in [6.07, 6.45) is 0.298. The zero-order chi connectivity index (χ0) is 13.1. The van der Waals surface area contributed by atoms with Crippen molar-refractivity contribution < 1.29 is 9.13 Å². The van der Waals surface area contributed by atoms with Crippen LogP contribution in [-0.4, -0.2) is 19.3 Å². The molecule has 1 rings (SSSR count). The average molecular weight is 239 g/mol. The lowest BCUT2D eigenvalue weighted by molar-refractivity contribution is 0.109. The molecule has 0 fully saturated rings. The summed E-state index contributed by atoms with van der Waals surface area (Å²) >= 11 is 0. The number of benzene rings is 1. The van der Waals surface area contributed by atoms with Crippen molar-refractivity contribution in [2.45, 2.75) is 32.9 Å². The van der Waals surface area contributed by atoms with E-state index in [4.69, 9.17) is 10.5 Å². The largest absolute Gasteiger partial charge is 0.496 e. The van der Waals surface area contributed by atoms with E-state index >= 15 is 0 Å². The van der Waals surface area contributed by atoms with Crippen molar-refractivity contribution in [2.24, 2.45) is 11.7 Å². The molecule has 17 heavy (non-hydrogen) atoms. The van der Waals surface area contributed by atoms with Gasteiger partial charge in [0.1, 0.15) is 11.4 Å². The standard InChI is InChI=1S/C14H22FNO/c1-10(2)14(15,9-16)8-12-7-11(3)5-6-13(12)17-4/h5-7,10H,8-9,16H2,1-4H3. The van der Waals surface area contributed by atoms with Gasteiger partial charge in [-0.3, -0.25) is 0 Å². The summed E-state index contributed by atoms with van der Waals surface area (Å²) in [5.41, 5.74) is 6.18. The van der Waals surface area contributed by atoms with Gasteiger partial charge in [0.05, 0.1) is 7.11 Å². The van der Waals surface area contributed by atoms with E-state index in [1.165, 1.54) is 0 Å². The first-order valence-electron chi connectivity index (χ1n) is 5.95. The summed E-state index contributed by atoms with van der Waals surface area (Å²) in [6.45, 7) is 5.73. The van der Waals surface area contributed by atoms with Crippen LogP contribution in [-0.2, 0) is 6.42 Å². The molecule has 0 saturated carbocycles. The molecule has 0 bridgehead atoms. The van der Waals surface area contributed by atoms with Gasteiger partial charge in [-0.15, -0.1) is 0 Å². The Balaban J connectivity index is 3.04. The number of rotatable bonds is 5. The number of hydrogen-bond donors (Lipinski definition) is 1. The van der Waals surface area contributed by atoms with E-state index in [-0.39, 0.29) is 12.5 Å². The van der Waals surface area contributed by atoms with E-state index in [2.05, 4.69) is 0 Å². The van der Waals surface area contributed by atoms with Crippen LogP contribution in [0.25, 0.3) is 0 Å². The third-order valence-electron chi connectivity index (χ3n) is 3.29. The summed E-state index contributed by atoms with van der Waals surface area (Å²) in [5.74, 6) is 0.615. The molecule has 0 aliphatic heterocycles. The molecule has 0 amide bonds. The Morgan fingerprint density at radius 3 is 2.53 bits per heavy atom. The highest BCUT2D eigenvalue weighted by Gasteiger charge is 2.33. The molecule has 0 spiro atoms. The zero-order valence-corrected chi connectivity index (χ0v) is 11.1. The van der Waals surface area contributed by atoms with E-state index in [1.54, 1.807) is 7.11 Å². The molecule has 0 aliphatic rings. The molecule has 0 saturated heterocycles. The van der Waals surface area contributed by atoms with Gasteiger partial charge in [0, 0.05) is 13.0 Å². The molecule has 2 N–H and O–H groups in total. The van der Waals surface area contributed by atoms with Crippen molar-refractivity contribution in [1.29, 1.82) is 0 Å². The van der Waals surface area contributed by atoms with Crippen LogP contribution in [0.1, 0.15) is 25.0 Å². The van der Waals surface area contributed by atoms with E-state index in [0.717, 1.165) is 16.9 Å². The first kappa shape index (κ1) is 14.0. The fourth-order valence-corrected chi connectivity index (χ4v) is 1.87. The summed E-state index contributed by atoms with van der Waals surface area (Å²) in [5, 5.41) is 0. The first-order valence-corrected chi connectivity index (χ1v) is 5.95. The van der Waals surface area contributed by atoms with Crippen LogP contribution in [0.2, 0.25) is 0 Å². The molecule has 0 radical (unpaired) electrons. The lowest BCUT2D eigenvalue weighted by Gasteiger charge is -2.28. The molecule has 1 atom stereocenters. The van der Waals surface area contributed by atoms with Gasteiger partial charge >= 0.3 is 0 Å². The quantitative estimate of drug-likeness (QED) is 0.857. The number of methoxy groups -OCH3 is 1. The van der Waals surface area contributed by atoms with Gasteiger partial charge in [-0.2, -0.15) is 0 Å². The van der Waals surface area contributed by atoms with Crippen LogP contribution in [0.4, 0.5) is 4.39 Å². The molecule has 3 heteroatoms. The molecule has 1 aromatic rings. The van der Waals surface area contributed by atoms with Crippen molar-refractivity contribution in [3.8, 4) is 5.75 Å². The Morgan fingerprint density at radius 1 is 1.41 bits per heavy atom. The highest BCUT2D eigenvalue weighted by Crippen LogP contribution is 2.30. The predicted molar refractivity (Wildman–Crippen MR) is 69.2 cm³/mol. The number of nitrogens with two attached hydrogens (primary N) is 1. The third kappa shape index (κ3) is 3.19. The Bertz CT molecular complexity index is 378. The minimum absolute atomic E-state index is 0.0295. The van der Waals surface area contributed by atoms with Crippen LogP contribution in [0.15, 0.2) is 18.2 Å². The summed E-state index contributed by atoms with van der Waals surface area (Å²) in [6, 6.07) is 5.80. The monoisotopic (exact) mass is 239 g/mol. The third-order valence-corrected chi connectivity index (χ3v) is 3.29. The topological polar surface area (TPSA) is 35.2 Å². The van der Waals surface area contributed by atoms with Gasteiger partial charge in [-0.25, -0.2) is 4.39 Å². The van der Waals surface area contributed by atoms with Crippen LogP contribution in [0, 0.1) is 12.8 Å². The number of halogens is 1. The van der Waals surface area contributed by atoms with Gasteiger partial charge < -0.3 is 10.5 Å². The van der Waals surface area contributed by atoms with Crippen LogP contribution < -0.4 is 10.5 Å². The smallest absolute Gasteiger partial charge is 0.129 e. The Hall–Kier alpha value is -1.09. The van der Waals surface area contributed by atoms with Crippen molar-refractivity contribution in [2.75, 3.05) is 13.7 Å². The maximum Gasteiger partial charge on any atom is 0.129 e. The maximum atomic E-state index is 14.6. The van der Waals surface area contributed by atoms with Gasteiger partial charge in [-0.1, -0.05) is 31.5 Å². The number of aryl methyl sites for hydroxylation is 1. The zero-order valence-electron chi connectivity index (χ0n) is 11.1. The Kier molecular flexibility index (Phi) is 4.52. The average Bonchev–Trinajstić information content (AvgIpc) is 2.29. The minimum atomic E-state index is -1.37. The highest BCUT2D eigenvalue weighted by atomic mass is 19.1. The fraction of sp³-hybridized carbons (Fsp3) is 0.571. The van der Waals surface area contributed by atoms with E-state index in [9.17, 15) is 4.39 Å². The van der Waals surface area contributed by atoms with Crippen molar-refractivity contribution >= 4 is 0 Å². The molecule has 96 valence electrons. The van der Waals surface area contributed by atoms with E-state index in [0.29, 0.717) is 6.42 Å². The lowest BCUT2D eigenvalue weighted by atomic mass is 9.85. The second kappa shape index (κ2) is 5.50. The number of hydrogen-bond acceptors (Lipinski definition) is 2. The SMILES string of the molecule is COc1ccc(C)cc1CC(F)(CN)C(C)C. The van der Waals surface area contributed by atoms with Gasteiger partial charge in [-0.05, 0) is 24.5 Å². The Labute approximate surface area is 103 Å². The number of ether oxygens (including phenoxy) is 1. The molecule has 1 aromatic carbocycles. The maximum absolute atomic E-state index is 14.6. The van der Waals surface area contributed by atoms with Crippen LogP contribution in [0.3, 0.4) is 0 Å². The Morgan fingerprint density at radius 2 is 2.06 bits per heavy atom. The van der Waals surface area contributed by atoms with Gasteiger partial charge in [0.2, 0.25) is 0 Å². The van der Waals surface area contributed by atoms with Crippen LogP contribution >= 0.6 is 0 Å². The first-order chi connectivity index (χ1) is 7.92. The highest BCUT2D eigenvalue weighted by molar-refractivity contribution is 5.38. The lowest BCUT2D eigenvalue weighted by Crippen LogP contribution is -2.40. The van der Waals surface area contributed by atoms with E-state index in [1.807, 2.05) is 39.0 Å². The molecule has 0 heterocycles. The summed E-state index contributed by atoms with van der Waals surface area (Å²) < 4.78 is 19.9. The summed E-state index contributed by atoms with van der Waals surface area (Å²) in [7, 11) is 1.60. The van der Waals surface area contributed by atoms with Crippen molar-refractivity contribution in [3.63, 3.8) is 0 Å². The van der Waals surface area contributed by atoms with Gasteiger partial charge in [0.15, 0.2) is 0 Å². The number of alkyl halides is 1. The van der Waals surface area contributed by atoms with Crippen molar-refractivity contribution in [1.82, 2.24) is 0 Å². The molecule has 2 nitrogen and oxygen atoms in total. The molecular formula is C14H22FNO. The summed E-state index contributed by atoms with van der Waals surface area (Å²) in [4.78, 5) is 0. The fourth-order valence-electron chi connectivity index (χ4n) is 1.87.